The molecule has 2 amide bonds. The lowest BCUT2D eigenvalue weighted by atomic mass is 10.0. The fourth-order valence-electron chi connectivity index (χ4n) is 1.61. The predicted octanol–water partition coefficient (Wildman–Crippen LogP) is 0.580. The summed E-state index contributed by atoms with van der Waals surface area (Å²) in [7, 11) is 0. The zero-order valence-electron chi connectivity index (χ0n) is 13.9. The number of hydrogen-bond donors (Lipinski definition) is 4. The Morgan fingerprint density at radius 3 is 1.91 bits per heavy atom. The number of ether oxygens (including phenoxy) is 1. The highest BCUT2D eigenvalue weighted by Crippen LogP contribution is 2.09. The highest BCUT2D eigenvalue weighted by molar-refractivity contribution is 5.91. The van der Waals surface area contributed by atoms with E-state index < -0.39 is 48.0 Å². The largest absolute Gasteiger partial charge is 0.481 e. The van der Waals surface area contributed by atoms with Crippen molar-refractivity contribution in [2.75, 3.05) is 0 Å². The smallest absolute Gasteiger partial charge is 0.408 e. The number of carboxylic acids is 2. The fraction of sp³-hybridized carbons (Fsp3) is 0.714. The van der Waals surface area contributed by atoms with Crippen LogP contribution in [-0.4, -0.2) is 51.8 Å². The number of carbonyl (C=O) groups is 4. The third-order valence-corrected chi connectivity index (χ3v) is 2.61. The van der Waals surface area contributed by atoms with E-state index in [4.69, 9.17) is 14.9 Å². The van der Waals surface area contributed by atoms with Crippen LogP contribution in [0, 0.1) is 5.92 Å². The summed E-state index contributed by atoms with van der Waals surface area (Å²) in [6.45, 7) is 8.27. The quantitative estimate of drug-likeness (QED) is 0.534. The van der Waals surface area contributed by atoms with E-state index in [0.29, 0.717) is 0 Å². The Morgan fingerprint density at radius 2 is 1.57 bits per heavy atom. The molecular weight excluding hydrogens is 308 g/mol. The molecule has 0 rings (SSSR count). The molecule has 0 aliphatic heterocycles. The van der Waals surface area contributed by atoms with Crippen LogP contribution in [0.4, 0.5) is 4.79 Å². The molecule has 4 N–H and O–H groups in total. The molecule has 0 bridgehead atoms. The van der Waals surface area contributed by atoms with Gasteiger partial charge in [0.15, 0.2) is 0 Å². The van der Waals surface area contributed by atoms with Gasteiger partial charge in [-0.3, -0.25) is 9.59 Å². The number of hydrogen-bond acceptors (Lipinski definition) is 5. The highest BCUT2D eigenvalue weighted by Gasteiger charge is 2.31. The van der Waals surface area contributed by atoms with Gasteiger partial charge in [-0.15, -0.1) is 0 Å². The maximum Gasteiger partial charge on any atom is 0.408 e. The van der Waals surface area contributed by atoms with Gasteiger partial charge in [0.1, 0.15) is 17.7 Å². The van der Waals surface area contributed by atoms with Gasteiger partial charge in [0.25, 0.3) is 0 Å². The standard InChI is InChI=1S/C14H24N2O7/c1-7(2)10(16-13(22)23-14(3,4)5)11(19)15-8(12(20)21)6-9(17)18/h7-8,10H,6H2,1-5H3,(H,15,19)(H,16,22)(H,17,18)(H,20,21). The number of alkyl carbamates (subject to hydrolysis) is 1. The first-order chi connectivity index (χ1) is 10.3. The number of nitrogens with one attached hydrogen (secondary N) is 2. The second-order valence-corrected chi connectivity index (χ2v) is 6.37. The van der Waals surface area contributed by atoms with Gasteiger partial charge < -0.3 is 25.6 Å². The lowest BCUT2D eigenvalue weighted by Gasteiger charge is -2.26. The number of rotatable bonds is 7. The monoisotopic (exact) mass is 332 g/mol. The molecular formula is C14H24N2O7. The summed E-state index contributed by atoms with van der Waals surface area (Å²) in [6.07, 6.45) is -1.59. The van der Waals surface area contributed by atoms with Crippen molar-refractivity contribution < 1.29 is 34.1 Å². The number of carbonyl (C=O) groups excluding carboxylic acids is 2. The Balaban J connectivity index is 4.94. The van der Waals surface area contributed by atoms with Gasteiger partial charge in [-0.1, -0.05) is 13.8 Å². The molecule has 0 aliphatic rings. The van der Waals surface area contributed by atoms with Gasteiger partial charge >= 0.3 is 18.0 Å². The summed E-state index contributed by atoms with van der Waals surface area (Å²) in [6, 6.07) is -2.64. The zero-order chi connectivity index (χ0) is 18.4. The van der Waals surface area contributed by atoms with Crippen LogP contribution in [0.15, 0.2) is 0 Å². The van der Waals surface area contributed by atoms with E-state index in [2.05, 4.69) is 10.6 Å². The van der Waals surface area contributed by atoms with Crippen molar-refractivity contribution in [2.24, 2.45) is 5.92 Å². The second-order valence-electron chi connectivity index (χ2n) is 6.37. The maximum absolute atomic E-state index is 12.1. The van der Waals surface area contributed by atoms with Crippen LogP contribution < -0.4 is 10.6 Å². The topological polar surface area (TPSA) is 142 Å². The van der Waals surface area contributed by atoms with Gasteiger partial charge in [0, 0.05) is 0 Å². The van der Waals surface area contributed by atoms with Gasteiger partial charge in [-0.05, 0) is 26.7 Å². The molecule has 0 saturated heterocycles. The van der Waals surface area contributed by atoms with Crippen molar-refractivity contribution in [3.63, 3.8) is 0 Å². The van der Waals surface area contributed by atoms with Crippen LogP contribution in [0.2, 0.25) is 0 Å². The van der Waals surface area contributed by atoms with Crippen LogP contribution in [0.25, 0.3) is 0 Å². The van der Waals surface area contributed by atoms with Crippen molar-refractivity contribution in [2.45, 2.75) is 58.7 Å². The zero-order valence-corrected chi connectivity index (χ0v) is 13.9. The minimum Gasteiger partial charge on any atom is -0.481 e. The molecule has 0 aromatic rings. The molecule has 0 aromatic carbocycles. The normalized spacial score (nSPS) is 13.8. The molecule has 0 heterocycles. The van der Waals surface area contributed by atoms with Crippen molar-refractivity contribution in [3.8, 4) is 0 Å². The van der Waals surface area contributed by atoms with Crippen molar-refractivity contribution in [3.05, 3.63) is 0 Å². The Hall–Kier alpha value is -2.32. The van der Waals surface area contributed by atoms with Crippen LogP contribution >= 0.6 is 0 Å². The maximum atomic E-state index is 12.1. The minimum absolute atomic E-state index is 0.359. The van der Waals surface area contributed by atoms with E-state index >= 15 is 0 Å². The third-order valence-electron chi connectivity index (χ3n) is 2.61. The van der Waals surface area contributed by atoms with E-state index in [1.54, 1.807) is 34.6 Å². The van der Waals surface area contributed by atoms with Gasteiger partial charge in [0.05, 0.1) is 6.42 Å². The Kier molecular flexibility index (Phi) is 7.51. The molecule has 9 heteroatoms. The van der Waals surface area contributed by atoms with Crippen LogP contribution in [0.1, 0.15) is 41.0 Å². The van der Waals surface area contributed by atoms with E-state index in [-0.39, 0.29) is 5.92 Å². The first-order valence-corrected chi connectivity index (χ1v) is 7.08. The van der Waals surface area contributed by atoms with Gasteiger partial charge in [0.2, 0.25) is 5.91 Å². The lowest BCUT2D eigenvalue weighted by molar-refractivity contribution is -0.147. The second kappa shape index (κ2) is 8.35. The molecule has 132 valence electrons. The van der Waals surface area contributed by atoms with E-state index in [1.165, 1.54) is 0 Å². The SMILES string of the molecule is CC(C)C(NC(=O)OC(C)(C)C)C(=O)NC(CC(=O)O)C(=O)O. The average molecular weight is 332 g/mol. The summed E-state index contributed by atoms with van der Waals surface area (Å²) >= 11 is 0. The number of carboxylic acid groups (broad SMARTS) is 2. The first kappa shape index (κ1) is 20.7. The molecule has 0 aromatic heterocycles. The summed E-state index contributed by atoms with van der Waals surface area (Å²) in [5.74, 6) is -3.99. The van der Waals surface area contributed by atoms with Gasteiger partial charge in [-0.2, -0.15) is 0 Å². The fourth-order valence-corrected chi connectivity index (χ4v) is 1.61. The van der Waals surface area contributed by atoms with Crippen LogP contribution in [0.5, 0.6) is 0 Å². The van der Waals surface area contributed by atoms with E-state index in [1.807, 2.05) is 0 Å². The van der Waals surface area contributed by atoms with Gasteiger partial charge in [-0.25, -0.2) is 9.59 Å². The summed E-state index contributed by atoms with van der Waals surface area (Å²) < 4.78 is 5.05. The van der Waals surface area contributed by atoms with Crippen molar-refractivity contribution >= 4 is 23.9 Å². The molecule has 2 atom stereocenters. The summed E-state index contributed by atoms with van der Waals surface area (Å²) in [5, 5.41) is 22.1. The minimum atomic E-state index is -1.58. The van der Waals surface area contributed by atoms with Crippen molar-refractivity contribution in [1.82, 2.24) is 10.6 Å². The number of aliphatic carboxylic acids is 2. The lowest BCUT2D eigenvalue weighted by Crippen LogP contribution is -2.54. The Bertz CT molecular complexity index is 468. The molecule has 0 spiro atoms. The number of amides is 2. The molecule has 2 unspecified atom stereocenters. The van der Waals surface area contributed by atoms with Crippen LogP contribution in [-0.2, 0) is 19.1 Å². The molecule has 0 aliphatic carbocycles. The van der Waals surface area contributed by atoms with E-state index in [0.717, 1.165) is 0 Å². The first-order valence-electron chi connectivity index (χ1n) is 7.08. The molecule has 0 radical (unpaired) electrons. The predicted molar refractivity (Wildman–Crippen MR) is 79.8 cm³/mol. The van der Waals surface area contributed by atoms with E-state index in [9.17, 15) is 19.2 Å². The molecule has 0 fully saturated rings. The Morgan fingerprint density at radius 1 is 1.04 bits per heavy atom. The average Bonchev–Trinajstić information content (AvgIpc) is 2.31. The Labute approximate surface area is 134 Å². The molecule has 9 nitrogen and oxygen atoms in total. The van der Waals surface area contributed by atoms with Crippen molar-refractivity contribution in [1.29, 1.82) is 0 Å². The summed E-state index contributed by atoms with van der Waals surface area (Å²) in [5.41, 5.74) is -0.755. The molecule has 0 saturated carbocycles. The summed E-state index contributed by atoms with van der Waals surface area (Å²) in [4.78, 5) is 45.5. The third kappa shape index (κ3) is 8.64. The highest BCUT2D eigenvalue weighted by atomic mass is 16.6. The van der Waals surface area contributed by atoms with Crippen LogP contribution in [0.3, 0.4) is 0 Å². The molecule has 23 heavy (non-hydrogen) atoms.